The van der Waals surface area contributed by atoms with Gasteiger partial charge in [0.05, 0.1) is 0 Å². The fourth-order valence-electron chi connectivity index (χ4n) is 4.85. The van der Waals surface area contributed by atoms with E-state index in [2.05, 4.69) is 14.8 Å². The average Bonchev–Trinajstić information content (AvgIpc) is 3.25. The van der Waals surface area contributed by atoms with Crippen molar-refractivity contribution in [2.24, 2.45) is 0 Å². The van der Waals surface area contributed by atoms with E-state index in [9.17, 15) is 9.18 Å². The van der Waals surface area contributed by atoms with Gasteiger partial charge in [-0.2, -0.15) is 0 Å². The van der Waals surface area contributed by atoms with Crippen molar-refractivity contribution >= 4 is 17.2 Å². The molecule has 5 rings (SSSR count). The number of imidazole rings is 1. The van der Waals surface area contributed by atoms with E-state index in [1.54, 1.807) is 0 Å². The van der Waals surface area contributed by atoms with Crippen molar-refractivity contribution in [2.45, 2.75) is 25.8 Å². The fraction of sp³-hybridized carbons (Fsp3) is 0.417. The highest BCUT2D eigenvalue weighted by molar-refractivity contribution is 5.93. The van der Waals surface area contributed by atoms with Gasteiger partial charge in [0.2, 0.25) is 0 Å². The number of carbonyl (C=O) groups is 1. The molecule has 0 spiro atoms. The molecule has 1 aromatic carbocycles. The lowest BCUT2D eigenvalue weighted by Gasteiger charge is -2.43. The maximum Gasteiger partial charge on any atom is 0.274 e. The van der Waals surface area contributed by atoms with Gasteiger partial charge in [-0.3, -0.25) is 9.69 Å². The number of piperazine rings is 1. The summed E-state index contributed by atoms with van der Waals surface area (Å²) in [5, 5.41) is 0. The van der Waals surface area contributed by atoms with Crippen LogP contribution >= 0.6 is 0 Å². The molecular formula is C24H28FN5O. The van der Waals surface area contributed by atoms with E-state index >= 15 is 0 Å². The number of halogens is 1. The lowest BCUT2D eigenvalue weighted by Crippen LogP contribution is -2.55. The van der Waals surface area contributed by atoms with Gasteiger partial charge in [0.15, 0.2) is 0 Å². The number of hydrogen-bond acceptors (Lipinski definition) is 4. The minimum absolute atomic E-state index is 0.0257. The maximum absolute atomic E-state index is 13.2. The van der Waals surface area contributed by atoms with Crippen molar-refractivity contribution < 1.29 is 9.18 Å². The molecule has 1 atom stereocenters. The van der Waals surface area contributed by atoms with E-state index in [1.807, 2.05) is 52.9 Å². The van der Waals surface area contributed by atoms with Gasteiger partial charge >= 0.3 is 0 Å². The molecule has 2 saturated heterocycles. The number of carbonyl (C=O) groups excluding carboxylic acids is 1. The summed E-state index contributed by atoms with van der Waals surface area (Å²) in [6.07, 6.45) is 5.91. The van der Waals surface area contributed by atoms with Crippen LogP contribution in [0.25, 0.3) is 5.65 Å². The molecule has 0 bridgehead atoms. The van der Waals surface area contributed by atoms with Crippen LogP contribution in [0.4, 0.5) is 10.1 Å². The third-order valence-electron chi connectivity index (χ3n) is 6.60. The van der Waals surface area contributed by atoms with E-state index in [1.165, 1.54) is 12.1 Å². The van der Waals surface area contributed by atoms with Crippen LogP contribution in [-0.2, 0) is 0 Å². The molecule has 2 fully saturated rings. The Morgan fingerprint density at radius 1 is 1.06 bits per heavy atom. The number of anilines is 1. The Hall–Kier alpha value is -2.93. The van der Waals surface area contributed by atoms with E-state index < -0.39 is 0 Å². The maximum atomic E-state index is 13.2. The molecule has 0 aliphatic carbocycles. The molecule has 2 aliphatic heterocycles. The number of piperidine rings is 1. The molecule has 3 aromatic rings. The van der Waals surface area contributed by atoms with Crippen LogP contribution in [0.3, 0.4) is 0 Å². The van der Waals surface area contributed by atoms with Crippen LogP contribution in [0.15, 0.2) is 48.8 Å². The predicted octanol–water partition coefficient (Wildman–Crippen LogP) is 3.21. The fourth-order valence-corrected chi connectivity index (χ4v) is 4.85. The Kier molecular flexibility index (Phi) is 5.36. The van der Waals surface area contributed by atoms with Gasteiger partial charge in [0.1, 0.15) is 17.2 Å². The van der Waals surface area contributed by atoms with Gasteiger partial charge in [-0.15, -0.1) is 0 Å². The Bertz CT molecular complexity index is 1070. The highest BCUT2D eigenvalue weighted by Gasteiger charge is 2.31. The Morgan fingerprint density at radius 3 is 2.58 bits per heavy atom. The molecule has 7 heteroatoms. The van der Waals surface area contributed by atoms with Crippen LogP contribution in [0.5, 0.6) is 0 Å². The number of fused-ring (bicyclic) bond motifs is 1. The van der Waals surface area contributed by atoms with Crippen molar-refractivity contribution in [1.29, 1.82) is 0 Å². The van der Waals surface area contributed by atoms with Crippen LogP contribution in [-0.4, -0.2) is 70.4 Å². The molecule has 2 aromatic heterocycles. The summed E-state index contributed by atoms with van der Waals surface area (Å²) in [6, 6.07) is 11.1. The molecule has 162 valence electrons. The molecule has 4 heterocycles. The number of benzene rings is 1. The first-order valence-electron chi connectivity index (χ1n) is 11.1. The Morgan fingerprint density at radius 2 is 1.84 bits per heavy atom. The molecule has 2 aliphatic rings. The molecule has 0 N–H and O–H groups in total. The summed E-state index contributed by atoms with van der Waals surface area (Å²) >= 11 is 0. The second-order valence-electron chi connectivity index (χ2n) is 8.59. The molecule has 0 saturated carbocycles. The Balaban J connectivity index is 1.22. The summed E-state index contributed by atoms with van der Waals surface area (Å²) in [5.74, 6) is -0.173. The minimum Gasteiger partial charge on any atom is -0.369 e. The second kappa shape index (κ2) is 8.30. The van der Waals surface area contributed by atoms with Crippen molar-refractivity contribution in [3.8, 4) is 0 Å². The minimum atomic E-state index is -0.199. The first-order chi connectivity index (χ1) is 15.1. The summed E-state index contributed by atoms with van der Waals surface area (Å²) < 4.78 is 15.1. The molecule has 31 heavy (non-hydrogen) atoms. The zero-order chi connectivity index (χ0) is 21.4. The first-order valence-corrected chi connectivity index (χ1v) is 11.1. The first kappa shape index (κ1) is 20.0. The number of aromatic nitrogens is 2. The number of nitrogens with zero attached hydrogens (tertiary/aromatic N) is 5. The zero-order valence-electron chi connectivity index (χ0n) is 17.9. The predicted molar refractivity (Wildman–Crippen MR) is 119 cm³/mol. The summed E-state index contributed by atoms with van der Waals surface area (Å²) in [4.78, 5) is 24.5. The van der Waals surface area contributed by atoms with Crippen molar-refractivity contribution in [2.75, 3.05) is 44.2 Å². The Labute approximate surface area is 181 Å². The second-order valence-corrected chi connectivity index (χ2v) is 8.59. The van der Waals surface area contributed by atoms with Gasteiger partial charge in [-0.05, 0) is 55.7 Å². The number of amides is 1. The van der Waals surface area contributed by atoms with Crippen LogP contribution in [0, 0.1) is 12.7 Å². The van der Waals surface area contributed by atoms with E-state index in [0.29, 0.717) is 11.7 Å². The zero-order valence-corrected chi connectivity index (χ0v) is 17.9. The molecule has 6 nitrogen and oxygen atoms in total. The summed E-state index contributed by atoms with van der Waals surface area (Å²) in [5.41, 5.74) is 3.51. The number of rotatable bonds is 3. The third kappa shape index (κ3) is 4.02. The monoisotopic (exact) mass is 421 g/mol. The quantitative estimate of drug-likeness (QED) is 0.652. The molecule has 1 unspecified atom stereocenters. The molecular weight excluding hydrogens is 393 g/mol. The third-order valence-corrected chi connectivity index (χ3v) is 6.60. The van der Waals surface area contributed by atoms with Gasteiger partial charge in [-0.25, -0.2) is 9.37 Å². The van der Waals surface area contributed by atoms with Crippen LogP contribution in [0.1, 0.15) is 28.9 Å². The number of pyridine rings is 1. The van der Waals surface area contributed by atoms with E-state index in [0.717, 1.165) is 69.0 Å². The van der Waals surface area contributed by atoms with Crippen LogP contribution in [0.2, 0.25) is 0 Å². The summed E-state index contributed by atoms with van der Waals surface area (Å²) in [6.45, 7) is 7.30. The normalized spacial score (nSPS) is 20.4. The van der Waals surface area contributed by atoms with Gasteiger partial charge in [0.25, 0.3) is 5.91 Å². The highest BCUT2D eigenvalue weighted by Crippen LogP contribution is 2.22. The molecule has 0 radical (unpaired) electrons. The smallest absolute Gasteiger partial charge is 0.274 e. The average molecular weight is 422 g/mol. The van der Waals surface area contributed by atoms with E-state index in [4.69, 9.17) is 0 Å². The SMILES string of the molecule is Cc1cccn2cc(C(=O)N3CCCC(N4CCN(c5ccc(F)cc5)CC4)C3)nc12. The van der Waals surface area contributed by atoms with Crippen molar-refractivity contribution in [3.05, 3.63) is 65.9 Å². The topological polar surface area (TPSA) is 44.1 Å². The number of likely N-dealkylation sites (tertiary alicyclic amines) is 1. The lowest BCUT2D eigenvalue weighted by molar-refractivity contribution is 0.0559. The highest BCUT2D eigenvalue weighted by atomic mass is 19.1. The molecule has 1 amide bonds. The largest absolute Gasteiger partial charge is 0.369 e. The number of aryl methyl sites for hydroxylation is 1. The lowest BCUT2D eigenvalue weighted by atomic mass is 10.0. The standard InChI is InChI=1S/C24H28FN5O/c1-18-4-2-10-29-17-22(26-23(18)29)24(31)30-11-3-5-21(16-30)28-14-12-27(13-15-28)20-8-6-19(25)7-9-20/h2,4,6-10,17,21H,3,5,11-16H2,1H3. The van der Waals surface area contributed by atoms with Gasteiger partial charge in [-0.1, -0.05) is 6.07 Å². The summed E-state index contributed by atoms with van der Waals surface area (Å²) in [7, 11) is 0. The van der Waals surface area contributed by atoms with E-state index in [-0.39, 0.29) is 11.7 Å². The van der Waals surface area contributed by atoms with Gasteiger partial charge < -0.3 is 14.2 Å². The van der Waals surface area contributed by atoms with Crippen molar-refractivity contribution in [1.82, 2.24) is 19.2 Å². The van der Waals surface area contributed by atoms with Gasteiger partial charge in [0, 0.05) is 63.4 Å². The van der Waals surface area contributed by atoms with Crippen LogP contribution < -0.4 is 4.90 Å². The van der Waals surface area contributed by atoms with Crippen molar-refractivity contribution in [3.63, 3.8) is 0 Å². The number of hydrogen-bond donors (Lipinski definition) is 0.